The molecule has 0 saturated heterocycles. The van der Waals surface area contributed by atoms with Crippen LogP contribution in [-0.2, 0) is 41.7 Å². The Kier molecular flexibility index (Phi) is 25.4. The molecule has 0 aliphatic heterocycles. The van der Waals surface area contributed by atoms with E-state index in [1.165, 1.54) is 0 Å². The van der Waals surface area contributed by atoms with E-state index in [1.807, 2.05) is 41.1 Å². The van der Waals surface area contributed by atoms with Gasteiger partial charge < -0.3 is 63.7 Å². The number of amides is 1. The Balaban J connectivity index is 1.04. The highest BCUT2D eigenvalue weighted by Gasteiger charge is 2.45. The van der Waals surface area contributed by atoms with Gasteiger partial charge in [-0.05, 0) is 56.4 Å². The van der Waals surface area contributed by atoms with Crippen LogP contribution in [0.3, 0.4) is 0 Å². The fourth-order valence-corrected chi connectivity index (χ4v) is 8.94. The van der Waals surface area contributed by atoms with Gasteiger partial charge in [-0.25, -0.2) is 9.98 Å². The molecular weight excluding hydrogens is 924 g/mol. The maximum atomic E-state index is 12.7. The Labute approximate surface area is 411 Å². The Morgan fingerprint density at radius 3 is 2.30 bits per heavy atom. The second kappa shape index (κ2) is 31.1. The molecule has 21 nitrogen and oxygen atoms in total. The van der Waals surface area contributed by atoms with E-state index in [2.05, 4.69) is 45.4 Å². The van der Waals surface area contributed by atoms with Gasteiger partial charge in [-0.2, -0.15) is 0 Å². The maximum absolute atomic E-state index is 12.7. The highest BCUT2D eigenvalue weighted by atomic mass is 31.2. The summed E-state index contributed by atoms with van der Waals surface area (Å²) in [6.45, 7) is 13.0. The topological polar surface area (TPSA) is 276 Å². The van der Waals surface area contributed by atoms with E-state index in [0.717, 1.165) is 49.8 Å². The summed E-state index contributed by atoms with van der Waals surface area (Å²) in [6, 6.07) is 8.96. The number of aryl methyl sites for hydroxylation is 1. The Hall–Kier alpha value is -5.38. The summed E-state index contributed by atoms with van der Waals surface area (Å²) in [7, 11) is -0.883. The summed E-state index contributed by atoms with van der Waals surface area (Å²) in [5, 5.41) is 27.1. The smallest absolute Gasteiger partial charge is 0.220 e. The molecule has 3 unspecified atom stereocenters. The van der Waals surface area contributed by atoms with Crippen molar-refractivity contribution in [2.45, 2.75) is 90.6 Å². The van der Waals surface area contributed by atoms with Crippen molar-refractivity contribution in [1.29, 1.82) is 5.41 Å². The van der Waals surface area contributed by atoms with Crippen LogP contribution in [-0.4, -0.2) is 154 Å². The molecule has 3 aromatic heterocycles. The number of aldehydes is 1. The van der Waals surface area contributed by atoms with Crippen LogP contribution in [0.4, 0.5) is 5.69 Å². The number of fused-ring (bicyclic) bond motifs is 1. The summed E-state index contributed by atoms with van der Waals surface area (Å²) in [5.41, 5.74) is 10.1. The van der Waals surface area contributed by atoms with E-state index in [9.17, 15) is 24.5 Å². The number of aliphatic imine (C=N–C) groups is 1. The van der Waals surface area contributed by atoms with Gasteiger partial charge in [0, 0.05) is 73.3 Å². The van der Waals surface area contributed by atoms with Gasteiger partial charge >= 0.3 is 0 Å². The lowest BCUT2D eigenvalue weighted by molar-refractivity contribution is -0.122. The standard InChI is InChI=1S/C48H73N10O11P/c1-6-14-56(15-7-2)41-12-11-37(44(27-41)64-5)26-38(32-59)43-31-57-17-13-42(28-45(57)53-43)69-25-24-67-21-20-65-18-19-66-22-23-68-34-40-30-58(55-54-40)16-9-10-46(61)52-39(33-60)29-48(8-3,70(62)63)36(4)47(50)51-35-49/h11-13,17,26-28,30-32,35-36,39,60,62-63H,6-10,14-16,18-25,29,33-34H2,1-5H3,(H,52,61)(H3,49,50,51)/b38-26+. The maximum Gasteiger partial charge on any atom is 0.220 e. The molecule has 386 valence electrons. The zero-order valence-corrected chi connectivity index (χ0v) is 42.1. The number of hydrogen-bond donors (Lipinski definition) is 6. The van der Waals surface area contributed by atoms with E-state index < -0.39 is 32.1 Å². The Bertz CT molecular complexity index is 2250. The summed E-state index contributed by atoms with van der Waals surface area (Å²) < 4.78 is 37.6. The molecule has 22 heteroatoms. The van der Waals surface area contributed by atoms with Gasteiger partial charge in [-0.15, -0.1) is 5.10 Å². The average Bonchev–Trinajstić information content (AvgIpc) is 4.01. The molecule has 4 aromatic rings. The number of aromatic nitrogens is 5. The molecule has 1 aromatic carbocycles. The first-order chi connectivity index (χ1) is 33.9. The van der Waals surface area contributed by atoms with Gasteiger partial charge in [0.25, 0.3) is 0 Å². The van der Waals surface area contributed by atoms with Gasteiger partial charge in [-0.1, -0.05) is 32.9 Å². The number of ether oxygens (including phenoxy) is 6. The van der Waals surface area contributed by atoms with Crippen molar-refractivity contribution >= 4 is 55.7 Å². The first kappa shape index (κ1) is 57.2. The number of imidazole rings is 1. The van der Waals surface area contributed by atoms with Crippen molar-refractivity contribution in [1.82, 2.24) is 29.7 Å². The normalized spacial score (nSPS) is 13.8. The molecule has 0 aliphatic carbocycles. The van der Waals surface area contributed by atoms with Crippen molar-refractivity contribution in [3.63, 3.8) is 0 Å². The largest absolute Gasteiger partial charge is 0.496 e. The fourth-order valence-electron chi connectivity index (χ4n) is 7.80. The fraction of sp³-hybridized carbons (Fsp3) is 0.562. The van der Waals surface area contributed by atoms with Crippen LogP contribution in [0.2, 0.25) is 0 Å². The van der Waals surface area contributed by atoms with Crippen molar-refractivity contribution in [3.8, 4) is 11.5 Å². The number of pyridine rings is 1. The number of carbonyl (C=O) groups excluding carboxylic acids is 2. The lowest BCUT2D eigenvalue weighted by Gasteiger charge is -2.40. The van der Waals surface area contributed by atoms with E-state index in [1.54, 1.807) is 37.9 Å². The number of allylic oxidation sites excluding steroid dienone is 1. The molecule has 3 atom stereocenters. The third-order valence-corrected chi connectivity index (χ3v) is 13.3. The molecule has 0 aliphatic rings. The van der Waals surface area contributed by atoms with Gasteiger partial charge in [-0.3, -0.25) is 19.7 Å². The van der Waals surface area contributed by atoms with Crippen LogP contribution in [0, 0.1) is 11.3 Å². The Morgan fingerprint density at radius 2 is 1.69 bits per heavy atom. The van der Waals surface area contributed by atoms with E-state index in [-0.39, 0.29) is 31.2 Å². The first-order valence-electron chi connectivity index (χ1n) is 23.8. The van der Waals surface area contributed by atoms with Crippen molar-refractivity contribution in [3.05, 3.63) is 65.9 Å². The Morgan fingerprint density at radius 1 is 1.00 bits per heavy atom. The number of amidine groups is 1. The van der Waals surface area contributed by atoms with Gasteiger partial charge in [0.05, 0.1) is 89.7 Å². The van der Waals surface area contributed by atoms with E-state index >= 15 is 0 Å². The van der Waals surface area contributed by atoms with Crippen molar-refractivity contribution < 1.29 is 52.9 Å². The van der Waals surface area contributed by atoms with Crippen LogP contribution in [0.5, 0.6) is 11.5 Å². The van der Waals surface area contributed by atoms with E-state index in [4.69, 9.17) is 44.5 Å². The molecule has 4 rings (SSSR count). The van der Waals surface area contributed by atoms with Gasteiger partial charge in [0.15, 0.2) is 14.7 Å². The highest BCUT2D eigenvalue weighted by Crippen LogP contribution is 2.52. The average molecular weight is 997 g/mol. The third-order valence-electron chi connectivity index (χ3n) is 11.6. The van der Waals surface area contributed by atoms with Crippen LogP contribution >= 0.6 is 8.38 Å². The molecule has 3 heterocycles. The van der Waals surface area contributed by atoms with Crippen LogP contribution in [0.15, 0.2) is 53.9 Å². The molecule has 0 spiro atoms. The number of rotatable bonds is 37. The second-order valence-electron chi connectivity index (χ2n) is 16.5. The number of hydrogen-bond acceptors (Lipinski definition) is 16. The SMILES string of the molecule is CCCN(CCC)c1ccc(/C=C(\C=O)c2cn3ccc(OCCOCCOCCOCCOCc4cn(CCCC(=O)NC(CO)CC(CC)(C(C)C(N)=NC=N)P(O)O)nn4)cc3n2)c(OC)c1. The minimum atomic E-state index is -2.52. The van der Waals surface area contributed by atoms with E-state index in [0.29, 0.717) is 106 Å². The summed E-state index contributed by atoms with van der Waals surface area (Å²) in [5.74, 6) is 0.475. The lowest BCUT2D eigenvalue weighted by Crippen LogP contribution is -2.49. The van der Waals surface area contributed by atoms with Gasteiger partial charge in [0.1, 0.15) is 41.6 Å². The minimum Gasteiger partial charge on any atom is -0.496 e. The first-order valence-corrected chi connectivity index (χ1v) is 25.0. The molecule has 0 bridgehead atoms. The van der Waals surface area contributed by atoms with Gasteiger partial charge in [0.2, 0.25) is 5.91 Å². The molecule has 1 amide bonds. The number of nitrogens with one attached hydrogen (secondary N) is 2. The molecule has 0 saturated carbocycles. The number of aliphatic hydroxyl groups is 1. The quantitative estimate of drug-likeness (QED) is 0.00897. The number of benzene rings is 1. The predicted molar refractivity (Wildman–Crippen MR) is 269 cm³/mol. The highest BCUT2D eigenvalue weighted by molar-refractivity contribution is 7.47. The molecule has 7 N–H and O–H groups in total. The molecule has 0 fully saturated rings. The number of methoxy groups -OCH3 is 1. The van der Waals surface area contributed by atoms with Crippen molar-refractivity contribution in [2.24, 2.45) is 16.6 Å². The summed E-state index contributed by atoms with van der Waals surface area (Å²) >= 11 is 0. The number of nitrogens with zero attached hydrogens (tertiary/aromatic N) is 7. The number of aliphatic hydroxyl groups excluding tert-OH is 1. The second-order valence-corrected chi connectivity index (χ2v) is 18.0. The summed E-state index contributed by atoms with van der Waals surface area (Å²) in [6.07, 6.45) is 11.8. The number of nitrogens with two attached hydrogens (primary N) is 1. The molecule has 0 radical (unpaired) electrons. The number of carbonyl (C=O) groups is 2. The molecular formula is C48H73N10O11P. The van der Waals surface area contributed by atoms with Crippen LogP contribution in [0.1, 0.15) is 83.2 Å². The third kappa shape index (κ3) is 17.8. The minimum absolute atomic E-state index is 0.0628. The van der Waals surface area contributed by atoms with Crippen LogP contribution in [0.25, 0.3) is 17.3 Å². The zero-order chi connectivity index (χ0) is 50.7. The number of anilines is 1. The summed E-state index contributed by atoms with van der Waals surface area (Å²) in [4.78, 5) is 56.5. The lowest BCUT2D eigenvalue weighted by atomic mass is 9.84. The predicted octanol–water partition coefficient (Wildman–Crippen LogP) is 4.64. The monoisotopic (exact) mass is 997 g/mol. The molecule has 70 heavy (non-hydrogen) atoms. The van der Waals surface area contributed by atoms with Crippen LogP contribution < -0.4 is 25.4 Å². The van der Waals surface area contributed by atoms with Crippen molar-refractivity contribution in [2.75, 3.05) is 84.6 Å². The zero-order valence-electron chi connectivity index (χ0n) is 41.2.